The summed E-state index contributed by atoms with van der Waals surface area (Å²) in [4.78, 5) is 0. The Bertz CT molecular complexity index is 271. The van der Waals surface area contributed by atoms with Crippen LogP contribution in [0.2, 0.25) is 0 Å². The number of nitrogens with two attached hydrogens (primary N) is 1. The number of hydrogen-bond donors (Lipinski definition) is 2. The molecule has 0 heterocycles. The van der Waals surface area contributed by atoms with E-state index in [1.165, 1.54) is 0 Å². The maximum atomic E-state index is 11.3. The van der Waals surface area contributed by atoms with Crippen molar-refractivity contribution in [3.63, 3.8) is 0 Å². The molecule has 0 atom stereocenters. The lowest BCUT2D eigenvalue weighted by atomic mass is 10.0. The van der Waals surface area contributed by atoms with E-state index in [2.05, 4.69) is 11.6 Å². The molecule has 0 aromatic carbocycles. The van der Waals surface area contributed by atoms with Crippen molar-refractivity contribution in [1.82, 2.24) is 4.72 Å². The summed E-state index contributed by atoms with van der Waals surface area (Å²) in [6.07, 6.45) is 4.56. The predicted molar refractivity (Wildman–Crippen MR) is 57.4 cm³/mol. The number of hydrogen-bond acceptors (Lipinski definition) is 3. The largest absolute Gasteiger partial charge is 0.329 e. The number of nitrogens with one attached hydrogen (secondary N) is 1. The molecule has 1 saturated carbocycles. The zero-order valence-corrected chi connectivity index (χ0v) is 9.57. The summed E-state index contributed by atoms with van der Waals surface area (Å²) in [6, 6.07) is 0. The van der Waals surface area contributed by atoms with Crippen molar-refractivity contribution in [1.29, 1.82) is 0 Å². The minimum atomic E-state index is -3.12. The summed E-state index contributed by atoms with van der Waals surface area (Å²) in [6.45, 7) is 2.92. The molecule has 0 spiro atoms. The molecule has 14 heavy (non-hydrogen) atoms. The van der Waals surface area contributed by atoms with Crippen LogP contribution in [-0.2, 0) is 10.0 Å². The van der Waals surface area contributed by atoms with Gasteiger partial charge in [0, 0.05) is 13.1 Å². The third-order valence-electron chi connectivity index (χ3n) is 2.79. The van der Waals surface area contributed by atoms with Crippen molar-refractivity contribution in [2.75, 3.05) is 18.8 Å². The second kappa shape index (κ2) is 4.59. The third-order valence-corrected chi connectivity index (χ3v) is 4.15. The van der Waals surface area contributed by atoms with Crippen molar-refractivity contribution < 1.29 is 8.42 Å². The number of sulfonamides is 1. The molecule has 4 nitrogen and oxygen atoms in total. The molecule has 0 unspecified atom stereocenters. The van der Waals surface area contributed by atoms with E-state index in [0.717, 1.165) is 25.7 Å². The highest BCUT2D eigenvalue weighted by Gasteiger charge is 2.41. The Hall–Kier alpha value is -0.130. The van der Waals surface area contributed by atoms with Gasteiger partial charge in [-0.25, -0.2) is 13.1 Å². The molecule has 1 fully saturated rings. The van der Waals surface area contributed by atoms with E-state index in [4.69, 9.17) is 5.73 Å². The first-order chi connectivity index (χ1) is 6.54. The molecule has 0 aromatic rings. The number of rotatable bonds is 7. The van der Waals surface area contributed by atoms with E-state index in [9.17, 15) is 8.42 Å². The van der Waals surface area contributed by atoms with Gasteiger partial charge in [0.05, 0.1) is 5.75 Å². The van der Waals surface area contributed by atoms with E-state index < -0.39 is 10.0 Å². The fraction of sp³-hybridized carbons (Fsp3) is 1.00. The van der Waals surface area contributed by atoms with Gasteiger partial charge in [-0.1, -0.05) is 13.3 Å². The Morgan fingerprint density at radius 3 is 2.50 bits per heavy atom. The van der Waals surface area contributed by atoms with Crippen molar-refractivity contribution >= 4 is 10.0 Å². The van der Waals surface area contributed by atoms with Crippen LogP contribution in [0.25, 0.3) is 0 Å². The summed E-state index contributed by atoms with van der Waals surface area (Å²) in [5, 5.41) is 0. The van der Waals surface area contributed by atoms with Crippen LogP contribution in [0.15, 0.2) is 0 Å². The average Bonchev–Trinajstić information content (AvgIpc) is 2.83. The lowest BCUT2D eigenvalue weighted by Gasteiger charge is -2.14. The van der Waals surface area contributed by atoms with E-state index in [1.54, 1.807) is 0 Å². The molecule has 1 rings (SSSR count). The molecule has 0 amide bonds. The molecule has 1 aliphatic rings. The van der Waals surface area contributed by atoms with Gasteiger partial charge in [-0.05, 0) is 24.7 Å². The maximum absolute atomic E-state index is 11.3. The standard InChI is InChI=1S/C9H20N2O2S/c1-2-3-9(4-5-9)8-11-14(12,13)7-6-10/h11H,2-8,10H2,1H3. The topological polar surface area (TPSA) is 72.2 Å². The smallest absolute Gasteiger partial charge is 0.212 e. The van der Waals surface area contributed by atoms with Crippen LogP contribution in [0.5, 0.6) is 0 Å². The molecule has 0 aromatic heterocycles. The van der Waals surface area contributed by atoms with Gasteiger partial charge < -0.3 is 5.73 Å². The van der Waals surface area contributed by atoms with E-state index in [1.807, 2.05) is 0 Å². The molecule has 3 N–H and O–H groups in total. The summed E-state index contributed by atoms with van der Waals surface area (Å²) in [7, 11) is -3.12. The molecule has 1 aliphatic carbocycles. The fourth-order valence-corrected chi connectivity index (χ4v) is 2.69. The van der Waals surface area contributed by atoms with Crippen molar-refractivity contribution in [2.45, 2.75) is 32.6 Å². The fourth-order valence-electron chi connectivity index (χ4n) is 1.71. The first kappa shape index (κ1) is 11.9. The quantitative estimate of drug-likeness (QED) is 0.654. The van der Waals surface area contributed by atoms with Gasteiger partial charge >= 0.3 is 0 Å². The average molecular weight is 220 g/mol. The summed E-state index contributed by atoms with van der Waals surface area (Å²) in [5.74, 6) is 0.0369. The monoisotopic (exact) mass is 220 g/mol. The highest BCUT2D eigenvalue weighted by atomic mass is 32.2. The first-order valence-electron chi connectivity index (χ1n) is 5.21. The first-order valence-corrected chi connectivity index (χ1v) is 6.86. The van der Waals surface area contributed by atoms with E-state index in [-0.39, 0.29) is 17.7 Å². The van der Waals surface area contributed by atoms with Crippen molar-refractivity contribution in [3.8, 4) is 0 Å². The second-order valence-corrected chi connectivity index (χ2v) is 6.11. The molecule has 0 aliphatic heterocycles. The lowest BCUT2D eigenvalue weighted by molar-refractivity contribution is 0.449. The molecule has 5 heteroatoms. The van der Waals surface area contributed by atoms with Gasteiger partial charge in [-0.15, -0.1) is 0 Å². The lowest BCUT2D eigenvalue weighted by Crippen LogP contribution is -2.34. The SMILES string of the molecule is CCCC1(CNS(=O)(=O)CCN)CC1. The van der Waals surface area contributed by atoms with Crippen LogP contribution in [0.4, 0.5) is 0 Å². The Morgan fingerprint density at radius 2 is 2.07 bits per heavy atom. The Kier molecular flexibility index (Phi) is 3.92. The Balaban J connectivity index is 2.33. The van der Waals surface area contributed by atoms with Crippen LogP contribution in [0.3, 0.4) is 0 Å². The van der Waals surface area contributed by atoms with Gasteiger partial charge in [0.2, 0.25) is 10.0 Å². The van der Waals surface area contributed by atoms with Crippen molar-refractivity contribution in [3.05, 3.63) is 0 Å². The van der Waals surface area contributed by atoms with Gasteiger partial charge in [0.1, 0.15) is 0 Å². The van der Waals surface area contributed by atoms with Crippen molar-refractivity contribution in [2.24, 2.45) is 11.1 Å². The summed E-state index contributed by atoms with van der Waals surface area (Å²) in [5.41, 5.74) is 5.48. The molecular weight excluding hydrogens is 200 g/mol. The summed E-state index contributed by atoms with van der Waals surface area (Å²) >= 11 is 0. The van der Waals surface area contributed by atoms with Crippen LogP contribution in [0.1, 0.15) is 32.6 Å². The molecular formula is C9H20N2O2S. The highest BCUT2D eigenvalue weighted by molar-refractivity contribution is 7.89. The van der Waals surface area contributed by atoms with Gasteiger partial charge in [0.15, 0.2) is 0 Å². The Morgan fingerprint density at radius 1 is 1.43 bits per heavy atom. The van der Waals surface area contributed by atoms with Crippen LogP contribution in [0, 0.1) is 5.41 Å². The highest BCUT2D eigenvalue weighted by Crippen LogP contribution is 2.48. The normalized spacial score (nSPS) is 19.6. The summed E-state index contributed by atoms with van der Waals surface area (Å²) < 4.78 is 25.3. The molecule has 0 radical (unpaired) electrons. The Labute approximate surface area is 86.3 Å². The minimum Gasteiger partial charge on any atom is -0.329 e. The van der Waals surface area contributed by atoms with E-state index in [0.29, 0.717) is 6.54 Å². The van der Waals surface area contributed by atoms with E-state index >= 15 is 0 Å². The van der Waals surface area contributed by atoms with Gasteiger partial charge in [0.25, 0.3) is 0 Å². The van der Waals surface area contributed by atoms with Crippen LogP contribution >= 0.6 is 0 Å². The molecule has 0 bridgehead atoms. The second-order valence-electron chi connectivity index (χ2n) is 4.18. The van der Waals surface area contributed by atoms with Gasteiger partial charge in [-0.2, -0.15) is 0 Å². The van der Waals surface area contributed by atoms with Crippen LogP contribution < -0.4 is 10.5 Å². The molecule has 84 valence electrons. The minimum absolute atomic E-state index is 0.0369. The predicted octanol–water partition coefficient (Wildman–Crippen LogP) is 0.445. The zero-order valence-electron chi connectivity index (χ0n) is 8.75. The third kappa shape index (κ3) is 3.55. The van der Waals surface area contributed by atoms with Crippen LogP contribution in [-0.4, -0.2) is 27.3 Å². The van der Waals surface area contributed by atoms with Gasteiger partial charge in [-0.3, -0.25) is 0 Å². The zero-order chi connectivity index (χ0) is 10.7. The maximum Gasteiger partial charge on any atom is 0.212 e. The molecule has 0 saturated heterocycles.